The molecule has 1 amide bonds. The van der Waals surface area contributed by atoms with Crippen LogP contribution in [-0.4, -0.2) is 17.5 Å². The van der Waals surface area contributed by atoms with Crippen molar-refractivity contribution in [2.75, 3.05) is 6.61 Å². The van der Waals surface area contributed by atoms with Gasteiger partial charge in [-0.05, 0) is 60.3 Å². The van der Waals surface area contributed by atoms with E-state index in [1.807, 2.05) is 54.1 Å². The predicted molar refractivity (Wildman–Crippen MR) is 118 cm³/mol. The third kappa shape index (κ3) is 4.93. The summed E-state index contributed by atoms with van der Waals surface area (Å²) in [5.74, 6) is 0.0451. The summed E-state index contributed by atoms with van der Waals surface area (Å²) in [7, 11) is 0. The number of carbonyl (C=O) groups excluding carboxylic acids is 1. The van der Waals surface area contributed by atoms with Crippen LogP contribution in [0.3, 0.4) is 0 Å². The van der Waals surface area contributed by atoms with Crippen molar-refractivity contribution in [1.29, 1.82) is 0 Å². The molecule has 0 spiro atoms. The molecule has 4 nitrogen and oxygen atoms in total. The molecule has 0 saturated carbocycles. The van der Waals surface area contributed by atoms with Gasteiger partial charge in [-0.2, -0.15) is 0 Å². The number of nitrogens with zero attached hydrogens (tertiary/aromatic N) is 1. The largest absolute Gasteiger partial charge is 0.484 e. The number of thiophene rings is 1. The molecular formula is C23H19FN2O2S2. The summed E-state index contributed by atoms with van der Waals surface area (Å²) < 4.78 is 18.9. The molecule has 0 saturated heterocycles. The van der Waals surface area contributed by atoms with Crippen LogP contribution in [0.5, 0.6) is 5.75 Å². The van der Waals surface area contributed by atoms with Crippen LogP contribution < -0.4 is 10.1 Å². The lowest BCUT2D eigenvalue weighted by atomic mass is 10.1. The lowest BCUT2D eigenvalue weighted by Gasteiger charge is -2.18. The normalized spacial score (nSPS) is 11.8. The van der Waals surface area contributed by atoms with Gasteiger partial charge in [-0.3, -0.25) is 4.79 Å². The highest BCUT2D eigenvalue weighted by molar-refractivity contribution is 7.13. The lowest BCUT2D eigenvalue weighted by Crippen LogP contribution is -2.32. The Hall–Kier alpha value is -3.03. The summed E-state index contributed by atoms with van der Waals surface area (Å²) in [6, 6.07) is 17.2. The number of aryl methyl sites for hydroxylation is 1. The second-order valence-electron chi connectivity index (χ2n) is 6.67. The molecule has 0 aliphatic heterocycles. The van der Waals surface area contributed by atoms with Crippen molar-refractivity contribution in [3.05, 3.63) is 93.4 Å². The van der Waals surface area contributed by atoms with Gasteiger partial charge in [0.1, 0.15) is 16.6 Å². The van der Waals surface area contributed by atoms with Crippen LogP contribution >= 0.6 is 22.7 Å². The van der Waals surface area contributed by atoms with Crippen LogP contribution in [0.1, 0.15) is 22.2 Å². The number of aromatic nitrogens is 1. The van der Waals surface area contributed by atoms with E-state index < -0.39 is 0 Å². The molecule has 2 aromatic carbocycles. The smallest absolute Gasteiger partial charge is 0.258 e. The molecule has 0 radical (unpaired) electrons. The van der Waals surface area contributed by atoms with Gasteiger partial charge in [0.15, 0.2) is 6.61 Å². The van der Waals surface area contributed by atoms with E-state index in [1.165, 1.54) is 23.5 Å². The third-order valence-corrected chi connectivity index (χ3v) is 6.37. The molecule has 1 atom stereocenters. The maximum atomic E-state index is 13.3. The highest BCUT2D eigenvalue weighted by atomic mass is 32.1. The van der Waals surface area contributed by atoms with Crippen molar-refractivity contribution in [3.8, 4) is 16.3 Å². The number of rotatable bonds is 7. The minimum Gasteiger partial charge on any atom is -0.484 e. The topological polar surface area (TPSA) is 51.2 Å². The summed E-state index contributed by atoms with van der Waals surface area (Å²) >= 11 is 3.13. The van der Waals surface area contributed by atoms with Gasteiger partial charge in [-0.1, -0.05) is 18.2 Å². The third-order valence-electron chi connectivity index (χ3n) is 4.43. The number of nitrogens with one attached hydrogen (secondary N) is 1. The molecule has 0 aliphatic carbocycles. The first kappa shape index (κ1) is 20.3. The Morgan fingerprint density at radius 3 is 2.50 bits per heavy atom. The minimum atomic E-state index is -0.350. The zero-order valence-electron chi connectivity index (χ0n) is 16.2. The van der Waals surface area contributed by atoms with Crippen molar-refractivity contribution in [2.45, 2.75) is 13.0 Å². The maximum absolute atomic E-state index is 13.3. The summed E-state index contributed by atoms with van der Waals surface area (Å²) in [4.78, 5) is 18.0. The highest BCUT2D eigenvalue weighted by Crippen LogP contribution is 2.27. The van der Waals surface area contributed by atoms with E-state index in [4.69, 9.17) is 4.74 Å². The van der Waals surface area contributed by atoms with Gasteiger partial charge in [-0.25, -0.2) is 9.37 Å². The maximum Gasteiger partial charge on any atom is 0.258 e. The van der Waals surface area contributed by atoms with Crippen LogP contribution in [-0.2, 0) is 4.79 Å². The van der Waals surface area contributed by atoms with E-state index in [-0.39, 0.29) is 24.4 Å². The fourth-order valence-electron chi connectivity index (χ4n) is 2.96. The van der Waals surface area contributed by atoms with E-state index >= 15 is 0 Å². The Morgan fingerprint density at radius 2 is 1.87 bits per heavy atom. The molecule has 7 heteroatoms. The molecule has 1 unspecified atom stereocenters. The summed E-state index contributed by atoms with van der Waals surface area (Å²) in [6.45, 7) is 1.85. The molecule has 0 aliphatic rings. The van der Waals surface area contributed by atoms with Crippen molar-refractivity contribution in [3.63, 3.8) is 0 Å². The molecule has 4 rings (SSSR count). The zero-order chi connectivity index (χ0) is 20.9. The molecule has 30 heavy (non-hydrogen) atoms. The SMILES string of the molecule is Cc1csc(-c2ccc(OCC(=O)NC(c3ccc(F)cc3)c3cccs3)cc2)n1. The quantitative estimate of drug-likeness (QED) is 0.408. The Morgan fingerprint density at radius 1 is 1.10 bits per heavy atom. The lowest BCUT2D eigenvalue weighted by molar-refractivity contribution is -0.123. The first-order chi connectivity index (χ1) is 14.6. The number of carbonyl (C=O) groups is 1. The fraction of sp³-hybridized carbons (Fsp3) is 0.130. The molecule has 152 valence electrons. The number of halogens is 1. The van der Waals surface area contributed by atoms with Crippen molar-refractivity contribution < 1.29 is 13.9 Å². The van der Waals surface area contributed by atoms with Crippen LogP contribution in [0, 0.1) is 12.7 Å². The minimum absolute atomic E-state index is 0.112. The standard InChI is InChI=1S/C23H19FN2O2S2/c1-15-14-30-23(25-15)17-6-10-19(11-7-17)28-13-21(27)26-22(20-3-2-12-29-20)16-4-8-18(24)9-5-16/h2-12,14,22H,13H2,1H3,(H,26,27). The Balaban J connectivity index is 1.39. The number of benzene rings is 2. The first-order valence-corrected chi connectivity index (χ1v) is 11.1. The summed E-state index contributed by atoms with van der Waals surface area (Å²) in [6.07, 6.45) is 0. The number of ether oxygens (including phenoxy) is 1. The average molecular weight is 439 g/mol. The van der Waals surface area contributed by atoms with Crippen LogP contribution in [0.4, 0.5) is 4.39 Å². The zero-order valence-corrected chi connectivity index (χ0v) is 17.8. The van der Waals surface area contributed by atoms with Gasteiger partial charge in [0.05, 0.1) is 6.04 Å². The number of amides is 1. The van der Waals surface area contributed by atoms with Gasteiger partial charge < -0.3 is 10.1 Å². The fourth-order valence-corrected chi connectivity index (χ4v) is 4.57. The average Bonchev–Trinajstić information content (AvgIpc) is 3.44. The molecular weight excluding hydrogens is 419 g/mol. The van der Waals surface area contributed by atoms with Gasteiger partial charge >= 0.3 is 0 Å². The van der Waals surface area contributed by atoms with E-state index in [1.54, 1.807) is 23.5 Å². The van der Waals surface area contributed by atoms with Gasteiger partial charge in [-0.15, -0.1) is 22.7 Å². The number of hydrogen-bond donors (Lipinski definition) is 1. The monoisotopic (exact) mass is 438 g/mol. The molecule has 1 N–H and O–H groups in total. The van der Waals surface area contributed by atoms with Crippen LogP contribution in [0.15, 0.2) is 71.4 Å². The van der Waals surface area contributed by atoms with Crippen LogP contribution in [0.2, 0.25) is 0 Å². The van der Waals surface area contributed by atoms with E-state index in [9.17, 15) is 9.18 Å². The van der Waals surface area contributed by atoms with Gasteiger partial charge in [0, 0.05) is 21.5 Å². The highest BCUT2D eigenvalue weighted by Gasteiger charge is 2.18. The predicted octanol–water partition coefficient (Wildman–Crippen LogP) is 5.60. The van der Waals surface area contributed by atoms with Crippen molar-refractivity contribution in [2.24, 2.45) is 0 Å². The molecule has 0 bridgehead atoms. The summed E-state index contributed by atoms with van der Waals surface area (Å²) in [5.41, 5.74) is 2.82. The Bertz CT molecular complexity index is 1110. The molecule has 0 fully saturated rings. The molecule has 4 aromatic rings. The summed E-state index contributed by atoms with van der Waals surface area (Å²) in [5, 5.41) is 7.89. The van der Waals surface area contributed by atoms with Crippen molar-refractivity contribution >= 4 is 28.6 Å². The number of thiazole rings is 1. The molecule has 2 heterocycles. The Kier molecular flexibility index (Phi) is 6.21. The van der Waals surface area contributed by atoms with E-state index in [0.29, 0.717) is 5.75 Å². The van der Waals surface area contributed by atoms with Crippen molar-refractivity contribution in [1.82, 2.24) is 10.3 Å². The van der Waals surface area contributed by atoms with Gasteiger partial charge in [0.2, 0.25) is 0 Å². The van der Waals surface area contributed by atoms with Gasteiger partial charge in [0.25, 0.3) is 5.91 Å². The molecule has 2 aromatic heterocycles. The second-order valence-corrected chi connectivity index (χ2v) is 8.51. The second kappa shape index (κ2) is 9.19. The Labute approximate surface area is 182 Å². The van der Waals surface area contributed by atoms with Crippen LogP contribution in [0.25, 0.3) is 10.6 Å². The van der Waals surface area contributed by atoms with E-state index in [2.05, 4.69) is 10.3 Å². The number of hydrogen-bond acceptors (Lipinski definition) is 5. The van der Waals surface area contributed by atoms with E-state index in [0.717, 1.165) is 26.7 Å². The first-order valence-electron chi connectivity index (χ1n) is 9.32.